The van der Waals surface area contributed by atoms with Gasteiger partial charge in [0, 0.05) is 12.0 Å². The first-order valence-corrected chi connectivity index (χ1v) is 7.68. The van der Waals surface area contributed by atoms with Gasteiger partial charge in [-0.2, -0.15) is 0 Å². The number of carbonyl (C=O) groups is 2. The van der Waals surface area contributed by atoms with Crippen LogP contribution in [0.15, 0.2) is 42.5 Å². The van der Waals surface area contributed by atoms with E-state index in [1.165, 1.54) is 11.1 Å². The third-order valence-electron chi connectivity index (χ3n) is 3.82. The topological polar surface area (TPSA) is 58.2 Å². The van der Waals surface area contributed by atoms with E-state index in [0.717, 1.165) is 11.1 Å². The number of benzene rings is 2. The Labute approximate surface area is 136 Å². The molecule has 2 aromatic rings. The van der Waals surface area contributed by atoms with Gasteiger partial charge in [-0.3, -0.25) is 20.4 Å². The van der Waals surface area contributed by atoms with Gasteiger partial charge in [-0.15, -0.1) is 0 Å². The first kappa shape index (κ1) is 16.7. The zero-order valence-corrected chi connectivity index (χ0v) is 13.8. The third-order valence-corrected chi connectivity index (χ3v) is 3.82. The Morgan fingerprint density at radius 3 is 2.35 bits per heavy atom. The van der Waals surface area contributed by atoms with Crippen LogP contribution in [-0.4, -0.2) is 11.8 Å². The van der Waals surface area contributed by atoms with E-state index < -0.39 is 0 Å². The zero-order valence-electron chi connectivity index (χ0n) is 13.8. The molecule has 2 N–H and O–H groups in total. The summed E-state index contributed by atoms with van der Waals surface area (Å²) in [6.07, 6.45) is 0.982. The summed E-state index contributed by atoms with van der Waals surface area (Å²) in [6.45, 7) is 5.95. The molecule has 4 heteroatoms. The lowest BCUT2D eigenvalue weighted by Crippen LogP contribution is -2.41. The second-order valence-electron chi connectivity index (χ2n) is 5.75. The number of aryl methyl sites for hydroxylation is 4. The fraction of sp³-hybridized carbons (Fsp3) is 0.263. The number of rotatable bonds is 4. The number of carbonyl (C=O) groups excluding carboxylic acids is 2. The SMILES string of the molecule is Cc1ccc(CCC(=O)NNC(=O)c2ccccc2C)c(C)c1. The van der Waals surface area contributed by atoms with Crippen molar-refractivity contribution in [2.45, 2.75) is 33.6 Å². The molecule has 0 unspecified atom stereocenters. The summed E-state index contributed by atoms with van der Waals surface area (Å²) < 4.78 is 0. The molecule has 0 fully saturated rings. The van der Waals surface area contributed by atoms with Gasteiger partial charge in [-0.1, -0.05) is 42.0 Å². The van der Waals surface area contributed by atoms with Crippen LogP contribution in [-0.2, 0) is 11.2 Å². The molecule has 0 saturated carbocycles. The maximum atomic E-state index is 12.0. The van der Waals surface area contributed by atoms with Crippen LogP contribution in [0.1, 0.15) is 39.0 Å². The summed E-state index contributed by atoms with van der Waals surface area (Å²) in [6, 6.07) is 13.4. The summed E-state index contributed by atoms with van der Waals surface area (Å²) >= 11 is 0. The molecule has 2 rings (SSSR count). The largest absolute Gasteiger partial charge is 0.273 e. The smallest absolute Gasteiger partial charge is 0.269 e. The van der Waals surface area contributed by atoms with Crippen LogP contribution in [0, 0.1) is 20.8 Å². The number of nitrogens with one attached hydrogen (secondary N) is 2. The van der Waals surface area contributed by atoms with Crippen molar-refractivity contribution in [1.29, 1.82) is 0 Å². The summed E-state index contributed by atoms with van der Waals surface area (Å²) in [5.41, 5.74) is 9.90. The van der Waals surface area contributed by atoms with Crippen LogP contribution in [0.25, 0.3) is 0 Å². The van der Waals surface area contributed by atoms with Crippen molar-refractivity contribution in [2.75, 3.05) is 0 Å². The van der Waals surface area contributed by atoms with Gasteiger partial charge in [0.1, 0.15) is 0 Å². The minimum Gasteiger partial charge on any atom is -0.273 e. The molecule has 0 spiro atoms. The predicted octanol–water partition coefficient (Wildman–Crippen LogP) is 3.01. The molecule has 0 heterocycles. The van der Waals surface area contributed by atoms with Crippen molar-refractivity contribution >= 4 is 11.8 Å². The Kier molecular flexibility index (Phi) is 5.52. The van der Waals surface area contributed by atoms with Crippen molar-refractivity contribution in [3.05, 3.63) is 70.3 Å². The number of hydrogen-bond acceptors (Lipinski definition) is 2. The van der Waals surface area contributed by atoms with Crippen molar-refractivity contribution < 1.29 is 9.59 Å². The summed E-state index contributed by atoms with van der Waals surface area (Å²) in [5.74, 6) is -0.505. The highest BCUT2D eigenvalue weighted by atomic mass is 16.2. The standard InChI is InChI=1S/C19H22N2O2/c1-13-8-9-16(15(3)12-13)10-11-18(22)20-21-19(23)17-7-5-4-6-14(17)2/h4-9,12H,10-11H2,1-3H3,(H,20,22)(H,21,23). The van der Waals surface area contributed by atoms with Gasteiger partial charge in [0.15, 0.2) is 0 Å². The number of hydrazine groups is 1. The van der Waals surface area contributed by atoms with Crippen molar-refractivity contribution in [2.24, 2.45) is 0 Å². The summed E-state index contributed by atoms with van der Waals surface area (Å²) in [7, 11) is 0. The van der Waals surface area contributed by atoms with E-state index in [2.05, 4.69) is 16.9 Å². The van der Waals surface area contributed by atoms with Gasteiger partial charge in [-0.05, 0) is 49.9 Å². The Morgan fingerprint density at radius 2 is 1.65 bits per heavy atom. The van der Waals surface area contributed by atoms with Crippen LogP contribution < -0.4 is 10.9 Å². The second-order valence-corrected chi connectivity index (χ2v) is 5.75. The maximum absolute atomic E-state index is 12.0. The monoisotopic (exact) mass is 310 g/mol. The summed E-state index contributed by atoms with van der Waals surface area (Å²) in [4.78, 5) is 23.9. The van der Waals surface area contributed by atoms with Gasteiger partial charge in [0.05, 0.1) is 0 Å². The van der Waals surface area contributed by atoms with E-state index in [1.807, 2.05) is 45.0 Å². The van der Waals surface area contributed by atoms with Crippen LogP contribution in [0.3, 0.4) is 0 Å². The lowest BCUT2D eigenvalue weighted by atomic mass is 10.0. The molecule has 4 nitrogen and oxygen atoms in total. The van der Waals surface area contributed by atoms with Gasteiger partial charge >= 0.3 is 0 Å². The highest BCUT2D eigenvalue weighted by Gasteiger charge is 2.09. The van der Waals surface area contributed by atoms with Crippen LogP contribution >= 0.6 is 0 Å². The predicted molar refractivity (Wildman–Crippen MR) is 91.0 cm³/mol. The molecule has 0 bridgehead atoms. The Hall–Kier alpha value is -2.62. The van der Waals surface area contributed by atoms with E-state index in [4.69, 9.17) is 0 Å². The van der Waals surface area contributed by atoms with Crippen LogP contribution in [0.2, 0.25) is 0 Å². The second kappa shape index (κ2) is 7.58. The molecule has 0 aliphatic rings. The Morgan fingerprint density at radius 1 is 0.913 bits per heavy atom. The fourth-order valence-corrected chi connectivity index (χ4v) is 2.46. The molecule has 2 amide bonds. The zero-order chi connectivity index (χ0) is 16.8. The van der Waals surface area contributed by atoms with Gasteiger partial charge in [-0.25, -0.2) is 0 Å². The van der Waals surface area contributed by atoms with Gasteiger partial charge in [0.2, 0.25) is 5.91 Å². The lowest BCUT2D eigenvalue weighted by molar-refractivity contribution is -0.121. The number of amides is 2. The minimum absolute atomic E-state index is 0.202. The molecule has 0 saturated heterocycles. The third kappa shape index (κ3) is 4.68. The van der Waals surface area contributed by atoms with Crippen LogP contribution in [0.5, 0.6) is 0 Å². The number of hydrogen-bond donors (Lipinski definition) is 2. The molecule has 0 aliphatic carbocycles. The van der Waals surface area contributed by atoms with E-state index >= 15 is 0 Å². The highest BCUT2D eigenvalue weighted by Crippen LogP contribution is 2.12. The molecule has 0 atom stereocenters. The normalized spacial score (nSPS) is 10.2. The summed E-state index contributed by atoms with van der Waals surface area (Å²) in [5, 5.41) is 0. The quantitative estimate of drug-likeness (QED) is 0.853. The van der Waals surface area contributed by atoms with Crippen molar-refractivity contribution in [1.82, 2.24) is 10.9 Å². The maximum Gasteiger partial charge on any atom is 0.269 e. The molecular formula is C19H22N2O2. The highest BCUT2D eigenvalue weighted by molar-refractivity contribution is 5.96. The van der Waals surface area contributed by atoms with E-state index in [9.17, 15) is 9.59 Å². The Bertz CT molecular complexity index is 723. The molecular weight excluding hydrogens is 288 g/mol. The van der Waals surface area contributed by atoms with E-state index in [-0.39, 0.29) is 11.8 Å². The van der Waals surface area contributed by atoms with Crippen LogP contribution in [0.4, 0.5) is 0 Å². The van der Waals surface area contributed by atoms with Gasteiger partial charge in [0.25, 0.3) is 5.91 Å². The van der Waals surface area contributed by atoms with E-state index in [1.54, 1.807) is 12.1 Å². The molecule has 0 radical (unpaired) electrons. The van der Waals surface area contributed by atoms with Crippen molar-refractivity contribution in [3.63, 3.8) is 0 Å². The van der Waals surface area contributed by atoms with Crippen molar-refractivity contribution in [3.8, 4) is 0 Å². The molecule has 0 aromatic heterocycles. The molecule has 0 aliphatic heterocycles. The first-order chi connectivity index (χ1) is 11.0. The first-order valence-electron chi connectivity index (χ1n) is 7.68. The molecule has 23 heavy (non-hydrogen) atoms. The minimum atomic E-state index is -0.303. The fourth-order valence-electron chi connectivity index (χ4n) is 2.46. The lowest BCUT2D eigenvalue weighted by Gasteiger charge is -2.10. The molecule has 120 valence electrons. The van der Waals surface area contributed by atoms with Gasteiger partial charge < -0.3 is 0 Å². The Balaban J connectivity index is 1.83. The average Bonchev–Trinajstić information content (AvgIpc) is 2.52. The molecule has 2 aromatic carbocycles. The average molecular weight is 310 g/mol. The van der Waals surface area contributed by atoms with E-state index in [0.29, 0.717) is 18.4 Å².